The second-order valence-corrected chi connectivity index (χ2v) is 6.83. The van der Waals surface area contributed by atoms with Crippen molar-refractivity contribution in [2.24, 2.45) is 0 Å². The zero-order chi connectivity index (χ0) is 19.0. The molecule has 2 heterocycles. The van der Waals surface area contributed by atoms with Crippen molar-refractivity contribution in [1.82, 2.24) is 25.1 Å². The lowest BCUT2D eigenvalue weighted by Crippen LogP contribution is -2.39. The molecule has 27 heavy (non-hydrogen) atoms. The molecule has 0 amide bonds. The summed E-state index contributed by atoms with van der Waals surface area (Å²) in [5, 5.41) is 12.0. The van der Waals surface area contributed by atoms with E-state index in [4.69, 9.17) is 0 Å². The minimum absolute atomic E-state index is 0.229. The van der Waals surface area contributed by atoms with Gasteiger partial charge in [-0.25, -0.2) is 13.5 Å². The van der Waals surface area contributed by atoms with Crippen molar-refractivity contribution in [2.75, 3.05) is 25.5 Å². The quantitative estimate of drug-likeness (QED) is 0.707. The van der Waals surface area contributed by atoms with E-state index in [1.165, 1.54) is 6.07 Å². The highest BCUT2D eigenvalue weighted by Crippen LogP contribution is 2.32. The Morgan fingerprint density at radius 1 is 1.07 bits per heavy atom. The third-order valence-electron chi connectivity index (χ3n) is 4.90. The van der Waals surface area contributed by atoms with E-state index < -0.39 is 11.6 Å². The van der Waals surface area contributed by atoms with Gasteiger partial charge in [-0.1, -0.05) is 24.3 Å². The zero-order valence-electron chi connectivity index (χ0n) is 15.2. The van der Waals surface area contributed by atoms with Crippen LogP contribution in [0.1, 0.15) is 23.0 Å². The summed E-state index contributed by atoms with van der Waals surface area (Å²) in [5.41, 5.74) is 2.41. The third-order valence-corrected chi connectivity index (χ3v) is 4.90. The van der Waals surface area contributed by atoms with E-state index in [2.05, 4.69) is 20.4 Å². The average molecular weight is 370 g/mol. The van der Waals surface area contributed by atoms with Gasteiger partial charge in [0.2, 0.25) is 0 Å². The molecule has 0 aliphatic carbocycles. The molecule has 1 aliphatic heterocycles. The fourth-order valence-electron chi connectivity index (χ4n) is 3.46. The van der Waals surface area contributed by atoms with E-state index in [9.17, 15) is 8.78 Å². The van der Waals surface area contributed by atoms with Gasteiger partial charge in [-0.2, -0.15) is 0 Å². The van der Waals surface area contributed by atoms with Crippen LogP contribution in [-0.4, -0.2) is 45.7 Å². The molecule has 1 atom stereocenters. The highest BCUT2D eigenvalue weighted by Gasteiger charge is 2.32. The van der Waals surface area contributed by atoms with Crippen LogP contribution in [0.25, 0.3) is 0 Å². The van der Waals surface area contributed by atoms with Gasteiger partial charge < -0.3 is 4.90 Å². The van der Waals surface area contributed by atoms with E-state index in [1.807, 2.05) is 43.3 Å². The number of fused-ring (bicyclic) bond motifs is 1. The van der Waals surface area contributed by atoms with E-state index >= 15 is 0 Å². The molecule has 140 valence electrons. The Kier molecular flexibility index (Phi) is 4.57. The maximum absolute atomic E-state index is 14.2. The Hall–Kier alpha value is -2.87. The predicted octanol–water partition coefficient (Wildman–Crippen LogP) is 2.62. The molecule has 0 saturated carbocycles. The predicted molar refractivity (Wildman–Crippen MR) is 97.2 cm³/mol. The number of aromatic nitrogens is 4. The minimum atomic E-state index is -0.832. The van der Waals surface area contributed by atoms with Crippen molar-refractivity contribution < 1.29 is 8.78 Å². The molecule has 3 aromatic rings. The third kappa shape index (κ3) is 3.28. The molecule has 8 heteroatoms. The average Bonchev–Trinajstić information content (AvgIpc) is 3.14. The van der Waals surface area contributed by atoms with Crippen LogP contribution in [0.4, 0.5) is 14.5 Å². The van der Waals surface area contributed by atoms with Gasteiger partial charge in [0.05, 0.1) is 12.6 Å². The second kappa shape index (κ2) is 7.03. The maximum Gasteiger partial charge on any atom is 0.173 e. The number of rotatable bonds is 4. The summed E-state index contributed by atoms with van der Waals surface area (Å²) in [5.74, 6) is -0.929. The first-order valence-electron chi connectivity index (χ1n) is 8.75. The summed E-state index contributed by atoms with van der Waals surface area (Å²) in [7, 11) is 3.96. The van der Waals surface area contributed by atoms with Crippen LogP contribution in [-0.2, 0) is 13.1 Å². The molecule has 0 radical (unpaired) electrons. The Bertz CT molecular complexity index is 938. The maximum atomic E-state index is 14.2. The summed E-state index contributed by atoms with van der Waals surface area (Å²) < 4.78 is 29.6. The first-order chi connectivity index (χ1) is 13.0. The Morgan fingerprint density at radius 3 is 2.59 bits per heavy atom. The molecule has 1 aliphatic rings. The Labute approximate surface area is 156 Å². The fraction of sp³-hybridized carbons (Fsp3) is 0.316. The first-order valence-corrected chi connectivity index (χ1v) is 8.75. The highest BCUT2D eigenvalue weighted by molar-refractivity contribution is 5.47. The van der Waals surface area contributed by atoms with Crippen LogP contribution in [0, 0.1) is 11.6 Å². The van der Waals surface area contributed by atoms with Crippen LogP contribution >= 0.6 is 0 Å². The normalized spacial score (nSPS) is 17.0. The number of anilines is 1. The number of halogens is 2. The second-order valence-electron chi connectivity index (χ2n) is 6.83. The van der Waals surface area contributed by atoms with Crippen molar-refractivity contribution in [3.8, 4) is 0 Å². The van der Waals surface area contributed by atoms with Crippen molar-refractivity contribution in [3.05, 3.63) is 71.1 Å². The molecule has 6 nitrogen and oxygen atoms in total. The fourth-order valence-corrected chi connectivity index (χ4v) is 3.46. The lowest BCUT2D eigenvalue weighted by atomic mass is 10.0. The van der Waals surface area contributed by atoms with Crippen LogP contribution in [0.5, 0.6) is 0 Å². The van der Waals surface area contributed by atoms with Gasteiger partial charge in [0.15, 0.2) is 17.5 Å². The Morgan fingerprint density at radius 2 is 1.85 bits per heavy atom. The smallest absolute Gasteiger partial charge is 0.173 e. The van der Waals surface area contributed by atoms with E-state index in [-0.39, 0.29) is 12.6 Å². The van der Waals surface area contributed by atoms with E-state index in [0.29, 0.717) is 24.5 Å². The van der Waals surface area contributed by atoms with Gasteiger partial charge in [0.25, 0.3) is 0 Å². The monoisotopic (exact) mass is 370 g/mol. The molecule has 0 spiro atoms. The molecule has 1 unspecified atom stereocenters. The number of benzene rings is 2. The number of hydrogen-bond acceptors (Lipinski definition) is 5. The zero-order valence-corrected chi connectivity index (χ0v) is 15.2. The van der Waals surface area contributed by atoms with Gasteiger partial charge in [-0.15, -0.1) is 5.10 Å². The van der Waals surface area contributed by atoms with E-state index in [1.54, 1.807) is 10.7 Å². The van der Waals surface area contributed by atoms with E-state index in [0.717, 1.165) is 17.3 Å². The van der Waals surface area contributed by atoms with Crippen molar-refractivity contribution in [2.45, 2.75) is 19.1 Å². The largest absolute Gasteiger partial charge is 0.378 e. The molecular formula is C19H20F2N6. The lowest BCUT2D eigenvalue weighted by Gasteiger charge is -2.35. The van der Waals surface area contributed by atoms with Crippen LogP contribution < -0.4 is 4.90 Å². The van der Waals surface area contributed by atoms with Crippen LogP contribution in [0.3, 0.4) is 0 Å². The Balaban J connectivity index is 1.71. The molecule has 2 aromatic carbocycles. The highest BCUT2D eigenvalue weighted by atomic mass is 19.2. The lowest BCUT2D eigenvalue weighted by molar-refractivity contribution is 0.161. The molecule has 0 fully saturated rings. The summed E-state index contributed by atoms with van der Waals surface area (Å²) in [6.07, 6.45) is 0. The summed E-state index contributed by atoms with van der Waals surface area (Å²) in [4.78, 5) is 4.10. The van der Waals surface area contributed by atoms with Crippen molar-refractivity contribution in [3.63, 3.8) is 0 Å². The number of nitrogens with zero attached hydrogens (tertiary/aromatic N) is 6. The number of hydrogen-bond donors (Lipinski definition) is 0. The van der Waals surface area contributed by atoms with Crippen LogP contribution in [0.15, 0.2) is 42.5 Å². The van der Waals surface area contributed by atoms with Crippen molar-refractivity contribution >= 4 is 5.69 Å². The summed E-state index contributed by atoms with van der Waals surface area (Å²) in [6, 6.07) is 12.2. The summed E-state index contributed by atoms with van der Waals surface area (Å²) >= 11 is 0. The molecular weight excluding hydrogens is 350 g/mol. The van der Waals surface area contributed by atoms with Crippen LogP contribution in [0.2, 0.25) is 0 Å². The molecule has 0 N–H and O–H groups in total. The SMILES string of the molecule is CN(C)c1ccc(C2c3nnnn3CCN2Cc2cccc(F)c2F)cc1. The molecule has 4 rings (SSSR count). The standard InChI is InChI=1S/C19H20F2N6/c1-25(2)15-8-6-13(7-9-15)18-19-22-23-24-27(19)11-10-26(18)12-14-4-3-5-16(20)17(14)21/h3-9,18H,10-12H2,1-2H3. The minimum Gasteiger partial charge on any atom is -0.378 e. The van der Waals surface area contributed by atoms with Gasteiger partial charge in [-0.05, 0) is 34.2 Å². The molecule has 0 saturated heterocycles. The topological polar surface area (TPSA) is 50.1 Å². The first kappa shape index (κ1) is 17.5. The number of tetrazole rings is 1. The summed E-state index contributed by atoms with van der Waals surface area (Å²) in [6.45, 7) is 1.51. The van der Waals surface area contributed by atoms with Gasteiger partial charge >= 0.3 is 0 Å². The van der Waals surface area contributed by atoms with Gasteiger partial charge in [-0.3, -0.25) is 4.90 Å². The van der Waals surface area contributed by atoms with Crippen molar-refractivity contribution in [1.29, 1.82) is 0 Å². The molecule has 0 bridgehead atoms. The van der Waals surface area contributed by atoms with Gasteiger partial charge in [0.1, 0.15) is 0 Å². The molecule has 1 aromatic heterocycles. The van der Waals surface area contributed by atoms with Gasteiger partial charge in [0, 0.05) is 38.4 Å².